The topological polar surface area (TPSA) is 29.1 Å². The number of carbonyl (C=O) groups is 1. The molecule has 1 aromatic carbocycles. The van der Waals surface area contributed by atoms with Gasteiger partial charge in [0.25, 0.3) is 5.91 Å². The molecule has 5 heteroatoms. The van der Waals surface area contributed by atoms with Crippen molar-refractivity contribution in [2.24, 2.45) is 11.8 Å². The van der Waals surface area contributed by atoms with Crippen LogP contribution in [0.2, 0.25) is 5.02 Å². The Labute approximate surface area is 132 Å². The maximum atomic E-state index is 13.3. The van der Waals surface area contributed by atoms with Gasteiger partial charge in [-0.25, -0.2) is 4.39 Å². The molecular weight excluding hydrogens is 345 g/mol. The van der Waals surface area contributed by atoms with E-state index in [1.165, 1.54) is 31.4 Å². The Hall–Kier alpha value is -0.610. The number of halogens is 3. The Balaban J connectivity index is 1.96. The van der Waals surface area contributed by atoms with Gasteiger partial charge in [0.05, 0.1) is 10.6 Å². The summed E-state index contributed by atoms with van der Waals surface area (Å²) in [4.78, 5) is 12.1. The van der Waals surface area contributed by atoms with Crippen LogP contribution in [0, 0.1) is 17.7 Å². The fraction of sp³-hybridized carbons (Fsp3) is 0.533. The molecule has 2 rings (SSSR count). The zero-order valence-corrected chi connectivity index (χ0v) is 13.5. The molecule has 0 saturated heterocycles. The lowest BCUT2D eigenvalue weighted by atomic mass is 9.80. The van der Waals surface area contributed by atoms with E-state index in [0.29, 0.717) is 18.4 Å². The van der Waals surface area contributed by atoms with Crippen LogP contribution in [0.5, 0.6) is 0 Å². The van der Waals surface area contributed by atoms with Crippen LogP contribution in [0.25, 0.3) is 0 Å². The Bertz CT molecular complexity index is 483. The largest absolute Gasteiger partial charge is 0.352 e. The molecule has 1 N–H and O–H groups in total. The van der Waals surface area contributed by atoms with Crippen molar-refractivity contribution in [3.8, 4) is 0 Å². The third kappa shape index (κ3) is 3.73. The monoisotopic (exact) mass is 361 g/mol. The van der Waals surface area contributed by atoms with Gasteiger partial charge in [-0.15, -0.1) is 0 Å². The number of hydrogen-bond donors (Lipinski definition) is 1. The fourth-order valence-corrected chi connectivity index (χ4v) is 3.82. The Morgan fingerprint density at radius 1 is 1.35 bits per heavy atom. The minimum Gasteiger partial charge on any atom is -0.352 e. The maximum Gasteiger partial charge on any atom is 0.252 e. The molecule has 1 aliphatic carbocycles. The second kappa shape index (κ2) is 7.41. The predicted molar refractivity (Wildman–Crippen MR) is 83.0 cm³/mol. The first-order valence-corrected chi connectivity index (χ1v) is 8.41. The molecule has 0 aliphatic heterocycles. The summed E-state index contributed by atoms with van der Waals surface area (Å²) >= 11 is 9.36. The molecule has 110 valence electrons. The summed E-state index contributed by atoms with van der Waals surface area (Å²) in [6, 6.07) is 4.29. The highest BCUT2D eigenvalue weighted by Crippen LogP contribution is 2.31. The molecule has 1 aliphatic rings. The molecule has 2 nitrogen and oxygen atoms in total. The third-order valence-corrected chi connectivity index (χ3v) is 5.20. The summed E-state index contributed by atoms with van der Waals surface area (Å²) < 4.78 is 13.3. The SMILES string of the molecule is O=C(NCC1CCCCC1CBr)c1cccc(F)c1Cl. The highest BCUT2D eigenvalue weighted by molar-refractivity contribution is 9.09. The van der Waals surface area contributed by atoms with Gasteiger partial charge in [-0.3, -0.25) is 4.79 Å². The molecule has 2 unspecified atom stereocenters. The maximum absolute atomic E-state index is 13.3. The third-order valence-electron chi connectivity index (χ3n) is 3.99. The first kappa shape index (κ1) is 15.8. The molecule has 0 radical (unpaired) electrons. The molecule has 1 fully saturated rings. The molecule has 0 aromatic heterocycles. The van der Waals surface area contributed by atoms with Crippen molar-refractivity contribution in [3.63, 3.8) is 0 Å². The van der Waals surface area contributed by atoms with Crippen molar-refractivity contribution < 1.29 is 9.18 Å². The average molecular weight is 363 g/mol. The molecular formula is C15H18BrClFNO. The van der Waals surface area contributed by atoms with Crippen molar-refractivity contribution in [1.29, 1.82) is 0 Å². The van der Waals surface area contributed by atoms with Crippen LogP contribution in [-0.4, -0.2) is 17.8 Å². The average Bonchev–Trinajstić information content (AvgIpc) is 2.48. The zero-order valence-electron chi connectivity index (χ0n) is 11.2. The Morgan fingerprint density at radius 2 is 2.05 bits per heavy atom. The Kier molecular flexibility index (Phi) is 5.85. The van der Waals surface area contributed by atoms with Crippen LogP contribution in [0.3, 0.4) is 0 Å². The van der Waals surface area contributed by atoms with E-state index in [0.717, 1.165) is 11.8 Å². The number of benzene rings is 1. The minimum absolute atomic E-state index is 0.106. The summed E-state index contributed by atoms with van der Waals surface area (Å²) in [5.74, 6) is 0.232. The van der Waals surface area contributed by atoms with Gasteiger partial charge >= 0.3 is 0 Å². The zero-order chi connectivity index (χ0) is 14.5. The second-order valence-corrected chi connectivity index (χ2v) is 6.30. The number of nitrogens with one attached hydrogen (secondary N) is 1. The fourth-order valence-electron chi connectivity index (χ4n) is 2.75. The number of rotatable bonds is 4. The van der Waals surface area contributed by atoms with Gasteiger partial charge < -0.3 is 5.32 Å². The lowest BCUT2D eigenvalue weighted by Gasteiger charge is -2.30. The first-order valence-electron chi connectivity index (χ1n) is 6.91. The number of hydrogen-bond acceptors (Lipinski definition) is 1. The number of amides is 1. The lowest BCUT2D eigenvalue weighted by Crippen LogP contribution is -2.35. The van der Waals surface area contributed by atoms with Crippen molar-refractivity contribution in [1.82, 2.24) is 5.32 Å². The van der Waals surface area contributed by atoms with E-state index < -0.39 is 5.82 Å². The van der Waals surface area contributed by atoms with E-state index in [2.05, 4.69) is 21.2 Å². The van der Waals surface area contributed by atoms with E-state index in [1.807, 2.05) is 0 Å². The summed E-state index contributed by atoms with van der Waals surface area (Å²) in [6.07, 6.45) is 4.81. The van der Waals surface area contributed by atoms with E-state index in [4.69, 9.17) is 11.6 Å². The predicted octanol–water partition coefficient (Wildman–Crippen LogP) is 4.41. The van der Waals surface area contributed by atoms with E-state index in [1.54, 1.807) is 6.07 Å². The van der Waals surface area contributed by atoms with Crippen LogP contribution >= 0.6 is 27.5 Å². The minimum atomic E-state index is -0.560. The molecule has 1 saturated carbocycles. The standard InChI is InChI=1S/C15H18BrClFNO/c16-8-10-4-1-2-5-11(10)9-19-15(20)12-6-3-7-13(18)14(12)17/h3,6-7,10-11H,1-2,4-5,8-9H2,(H,19,20). The molecule has 0 spiro atoms. The van der Waals surface area contributed by atoms with Gasteiger partial charge in [0.15, 0.2) is 0 Å². The summed E-state index contributed by atoms with van der Waals surface area (Å²) in [5.41, 5.74) is 0.206. The summed E-state index contributed by atoms with van der Waals surface area (Å²) in [5, 5.41) is 3.75. The van der Waals surface area contributed by atoms with Crippen LogP contribution in [-0.2, 0) is 0 Å². The summed E-state index contributed by atoms with van der Waals surface area (Å²) in [6.45, 7) is 0.627. The van der Waals surface area contributed by atoms with Gasteiger partial charge in [-0.2, -0.15) is 0 Å². The van der Waals surface area contributed by atoms with Crippen LogP contribution in [0.1, 0.15) is 36.0 Å². The molecule has 0 heterocycles. The van der Waals surface area contributed by atoms with Crippen molar-refractivity contribution in [2.75, 3.05) is 11.9 Å². The van der Waals surface area contributed by atoms with Crippen molar-refractivity contribution in [3.05, 3.63) is 34.6 Å². The van der Waals surface area contributed by atoms with Crippen LogP contribution in [0.4, 0.5) is 4.39 Å². The van der Waals surface area contributed by atoms with E-state index in [-0.39, 0.29) is 16.5 Å². The second-order valence-electron chi connectivity index (χ2n) is 5.27. The van der Waals surface area contributed by atoms with E-state index >= 15 is 0 Å². The van der Waals surface area contributed by atoms with E-state index in [9.17, 15) is 9.18 Å². The molecule has 0 bridgehead atoms. The first-order chi connectivity index (χ1) is 9.63. The van der Waals surface area contributed by atoms with Gasteiger partial charge in [0.2, 0.25) is 0 Å². The normalized spacial score (nSPS) is 22.6. The smallest absolute Gasteiger partial charge is 0.252 e. The molecule has 2 atom stereocenters. The molecule has 20 heavy (non-hydrogen) atoms. The highest BCUT2D eigenvalue weighted by atomic mass is 79.9. The van der Waals surface area contributed by atoms with Crippen LogP contribution in [0.15, 0.2) is 18.2 Å². The molecule has 1 aromatic rings. The Morgan fingerprint density at radius 3 is 2.75 bits per heavy atom. The highest BCUT2D eigenvalue weighted by Gasteiger charge is 2.25. The van der Waals surface area contributed by atoms with Gasteiger partial charge in [-0.05, 0) is 36.8 Å². The van der Waals surface area contributed by atoms with Gasteiger partial charge in [-0.1, -0.05) is 46.4 Å². The van der Waals surface area contributed by atoms with Gasteiger partial charge in [0.1, 0.15) is 5.82 Å². The quantitative estimate of drug-likeness (QED) is 0.790. The van der Waals surface area contributed by atoms with Gasteiger partial charge in [0, 0.05) is 11.9 Å². The summed E-state index contributed by atoms with van der Waals surface area (Å²) in [7, 11) is 0. The number of alkyl halides is 1. The lowest BCUT2D eigenvalue weighted by molar-refractivity contribution is 0.0936. The van der Waals surface area contributed by atoms with Crippen molar-refractivity contribution in [2.45, 2.75) is 25.7 Å². The number of carbonyl (C=O) groups excluding carboxylic acids is 1. The van der Waals surface area contributed by atoms with Crippen molar-refractivity contribution >= 4 is 33.4 Å². The van der Waals surface area contributed by atoms with Crippen LogP contribution < -0.4 is 5.32 Å². The molecule has 1 amide bonds.